The van der Waals surface area contributed by atoms with Crippen molar-refractivity contribution in [3.63, 3.8) is 0 Å². The number of halogens is 1. The zero-order chi connectivity index (χ0) is 18.7. The van der Waals surface area contributed by atoms with Gasteiger partial charge in [-0.3, -0.25) is 4.90 Å². The molecule has 26 heavy (non-hydrogen) atoms. The van der Waals surface area contributed by atoms with Gasteiger partial charge in [-0.15, -0.1) is 0 Å². The summed E-state index contributed by atoms with van der Waals surface area (Å²) in [6.45, 7) is 4.53. The van der Waals surface area contributed by atoms with Crippen molar-refractivity contribution in [2.75, 3.05) is 33.3 Å². The van der Waals surface area contributed by atoms with Crippen LogP contribution in [-0.4, -0.2) is 50.9 Å². The van der Waals surface area contributed by atoms with Crippen molar-refractivity contribution in [1.29, 1.82) is 0 Å². The fourth-order valence-corrected chi connectivity index (χ4v) is 4.65. The summed E-state index contributed by atoms with van der Waals surface area (Å²) in [6.07, 6.45) is 0. The van der Waals surface area contributed by atoms with Crippen LogP contribution in [0.3, 0.4) is 0 Å². The topological polar surface area (TPSA) is 49.9 Å². The first kappa shape index (κ1) is 18.8. The molecule has 2 aromatic rings. The molecule has 1 heterocycles. The lowest BCUT2D eigenvalue weighted by molar-refractivity contribution is 0.181. The van der Waals surface area contributed by atoms with Gasteiger partial charge in [-0.25, -0.2) is 12.8 Å². The van der Waals surface area contributed by atoms with Crippen molar-refractivity contribution in [2.45, 2.75) is 18.4 Å². The smallest absolute Gasteiger partial charge is 0.243 e. The summed E-state index contributed by atoms with van der Waals surface area (Å²) < 4.78 is 45.8. The van der Waals surface area contributed by atoms with E-state index in [0.29, 0.717) is 37.6 Å². The van der Waals surface area contributed by atoms with Gasteiger partial charge in [0.25, 0.3) is 0 Å². The molecule has 1 aliphatic heterocycles. The van der Waals surface area contributed by atoms with Gasteiger partial charge in [0.1, 0.15) is 0 Å². The highest BCUT2D eigenvalue weighted by atomic mass is 32.2. The highest BCUT2D eigenvalue weighted by Gasteiger charge is 2.28. The Morgan fingerprint density at radius 2 is 1.81 bits per heavy atom. The second-order valence-electron chi connectivity index (χ2n) is 6.47. The number of ether oxygens (including phenoxy) is 1. The van der Waals surface area contributed by atoms with Crippen LogP contribution >= 0.6 is 0 Å². The lowest BCUT2D eigenvalue weighted by Crippen LogP contribution is -2.48. The van der Waals surface area contributed by atoms with Gasteiger partial charge in [-0.2, -0.15) is 4.31 Å². The van der Waals surface area contributed by atoms with Gasteiger partial charge in [0.2, 0.25) is 10.0 Å². The Morgan fingerprint density at radius 1 is 1.08 bits per heavy atom. The highest BCUT2D eigenvalue weighted by molar-refractivity contribution is 7.89. The monoisotopic (exact) mass is 378 g/mol. The van der Waals surface area contributed by atoms with E-state index in [1.165, 1.54) is 17.5 Å². The molecule has 0 atom stereocenters. The molecule has 0 aliphatic carbocycles. The molecular formula is C19H23FN2O3S. The Kier molecular flexibility index (Phi) is 5.60. The van der Waals surface area contributed by atoms with Gasteiger partial charge >= 0.3 is 0 Å². The Balaban J connectivity index is 1.63. The van der Waals surface area contributed by atoms with E-state index in [1.807, 2.05) is 19.1 Å². The number of sulfonamides is 1. The third-order valence-electron chi connectivity index (χ3n) is 4.58. The predicted molar refractivity (Wildman–Crippen MR) is 98.2 cm³/mol. The molecule has 0 N–H and O–H groups in total. The third kappa shape index (κ3) is 4.06. The van der Waals surface area contributed by atoms with E-state index in [0.717, 1.165) is 11.1 Å². The second kappa shape index (κ2) is 7.73. The molecule has 0 amide bonds. The maximum absolute atomic E-state index is 13.8. The first-order valence-corrected chi connectivity index (χ1v) is 9.96. The molecule has 140 valence electrons. The zero-order valence-electron chi connectivity index (χ0n) is 15.0. The minimum atomic E-state index is -3.47. The van der Waals surface area contributed by atoms with Gasteiger partial charge in [0, 0.05) is 32.7 Å². The molecule has 5 nitrogen and oxygen atoms in total. The first-order chi connectivity index (χ1) is 12.4. The number of hydrogen-bond acceptors (Lipinski definition) is 4. The molecule has 7 heteroatoms. The molecule has 2 aromatic carbocycles. The van der Waals surface area contributed by atoms with Crippen LogP contribution in [0.1, 0.15) is 11.1 Å². The number of nitrogens with zero attached hydrogens (tertiary/aromatic N) is 2. The summed E-state index contributed by atoms with van der Waals surface area (Å²) in [7, 11) is -2.03. The highest BCUT2D eigenvalue weighted by Crippen LogP contribution is 2.21. The maximum Gasteiger partial charge on any atom is 0.243 e. The van der Waals surface area contributed by atoms with E-state index < -0.39 is 10.0 Å². The van der Waals surface area contributed by atoms with Crippen LogP contribution in [0.15, 0.2) is 47.4 Å². The van der Waals surface area contributed by atoms with Crippen molar-refractivity contribution in [3.8, 4) is 5.75 Å². The molecule has 1 fully saturated rings. The quantitative estimate of drug-likeness (QED) is 0.803. The van der Waals surface area contributed by atoms with Crippen molar-refractivity contribution in [3.05, 3.63) is 59.4 Å². The maximum atomic E-state index is 13.8. The van der Waals surface area contributed by atoms with Crippen LogP contribution < -0.4 is 4.74 Å². The van der Waals surface area contributed by atoms with Crippen molar-refractivity contribution < 1.29 is 17.5 Å². The molecule has 0 radical (unpaired) electrons. The summed E-state index contributed by atoms with van der Waals surface area (Å²) in [5.41, 5.74) is 1.77. The normalized spacial score (nSPS) is 16.6. The first-order valence-electron chi connectivity index (χ1n) is 8.52. The molecule has 1 saturated heterocycles. The van der Waals surface area contributed by atoms with Crippen molar-refractivity contribution >= 4 is 10.0 Å². The molecular weight excluding hydrogens is 355 g/mol. The summed E-state index contributed by atoms with van der Waals surface area (Å²) in [5, 5.41) is 0. The van der Waals surface area contributed by atoms with E-state index in [9.17, 15) is 12.8 Å². The van der Waals surface area contributed by atoms with E-state index in [1.54, 1.807) is 24.3 Å². The molecule has 0 bridgehead atoms. The minimum absolute atomic E-state index is 0.225. The van der Waals surface area contributed by atoms with Crippen LogP contribution in [0.25, 0.3) is 0 Å². The average molecular weight is 378 g/mol. The lowest BCUT2D eigenvalue weighted by atomic mass is 10.2. The molecule has 0 spiro atoms. The zero-order valence-corrected chi connectivity index (χ0v) is 15.8. The van der Waals surface area contributed by atoms with Crippen LogP contribution in [0.5, 0.6) is 5.75 Å². The Labute approximate surface area is 154 Å². The molecule has 0 saturated carbocycles. The van der Waals surface area contributed by atoms with E-state index >= 15 is 0 Å². The fourth-order valence-electron chi connectivity index (χ4n) is 3.12. The molecule has 3 rings (SSSR count). The number of aryl methyl sites for hydroxylation is 1. The molecule has 0 unspecified atom stereocenters. The fraction of sp³-hybridized carbons (Fsp3) is 0.368. The Morgan fingerprint density at radius 3 is 2.42 bits per heavy atom. The standard InChI is InChI=1S/C19H23FN2O3S/c1-15-4-3-5-17(12-15)26(23,24)22-10-8-21(9-11-22)14-16-6-7-19(25-2)18(20)13-16/h3-7,12-13H,8-11,14H2,1-2H3. The Bertz CT molecular complexity index is 878. The second-order valence-corrected chi connectivity index (χ2v) is 8.40. The summed E-state index contributed by atoms with van der Waals surface area (Å²) >= 11 is 0. The van der Waals surface area contributed by atoms with Crippen molar-refractivity contribution in [1.82, 2.24) is 9.21 Å². The van der Waals surface area contributed by atoms with Gasteiger partial charge in [0.15, 0.2) is 11.6 Å². The predicted octanol–water partition coefficient (Wildman–Crippen LogP) is 2.65. The minimum Gasteiger partial charge on any atom is -0.494 e. The number of piperazine rings is 1. The van der Waals surface area contributed by atoms with E-state index in [-0.39, 0.29) is 11.6 Å². The van der Waals surface area contributed by atoms with Gasteiger partial charge in [-0.1, -0.05) is 18.2 Å². The van der Waals surface area contributed by atoms with Crippen LogP contribution in [0, 0.1) is 12.7 Å². The largest absolute Gasteiger partial charge is 0.494 e. The van der Waals surface area contributed by atoms with E-state index in [2.05, 4.69) is 4.90 Å². The van der Waals surface area contributed by atoms with Gasteiger partial charge in [-0.05, 0) is 42.3 Å². The third-order valence-corrected chi connectivity index (χ3v) is 6.48. The lowest BCUT2D eigenvalue weighted by Gasteiger charge is -2.34. The average Bonchev–Trinajstić information content (AvgIpc) is 2.62. The number of benzene rings is 2. The number of hydrogen-bond donors (Lipinski definition) is 0. The van der Waals surface area contributed by atoms with Crippen LogP contribution in [0.4, 0.5) is 4.39 Å². The van der Waals surface area contributed by atoms with Crippen LogP contribution in [-0.2, 0) is 16.6 Å². The molecule has 1 aliphatic rings. The van der Waals surface area contributed by atoms with Gasteiger partial charge in [0.05, 0.1) is 12.0 Å². The SMILES string of the molecule is COc1ccc(CN2CCN(S(=O)(=O)c3cccc(C)c3)CC2)cc1F. The summed E-state index contributed by atoms with van der Waals surface area (Å²) in [4.78, 5) is 2.46. The van der Waals surface area contributed by atoms with Crippen molar-refractivity contribution in [2.24, 2.45) is 0 Å². The number of rotatable bonds is 5. The summed E-state index contributed by atoms with van der Waals surface area (Å²) in [5.74, 6) is -0.159. The van der Waals surface area contributed by atoms with Crippen LogP contribution in [0.2, 0.25) is 0 Å². The van der Waals surface area contributed by atoms with Gasteiger partial charge < -0.3 is 4.74 Å². The Hall–Kier alpha value is -1.96. The van der Waals surface area contributed by atoms with E-state index in [4.69, 9.17) is 4.74 Å². The number of methoxy groups -OCH3 is 1. The summed E-state index contributed by atoms with van der Waals surface area (Å²) in [6, 6.07) is 11.9. The molecule has 0 aromatic heterocycles.